The lowest BCUT2D eigenvalue weighted by atomic mass is 9.85. The zero-order chi connectivity index (χ0) is 9.54. The van der Waals surface area contributed by atoms with Crippen LogP contribution in [0.3, 0.4) is 0 Å². The van der Waals surface area contributed by atoms with Crippen molar-refractivity contribution >= 4 is 11.9 Å². The highest BCUT2D eigenvalue weighted by molar-refractivity contribution is 6.02. The van der Waals surface area contributed by atoms with Crippen molar-refractivity contribution in [1.82, 2.24) is 0 Å². The molecule has 0 heterocycles. The van der Waals surface area contributed by atoms with E-state index in [1.807, 2.05) is 6.07 Å². The number of hydrogen-bond donors (Lipinski definition) is 0. The maximum Gasteiger partial charge on any atom is 0.159 e. The van der Waals surface area contributed by atoms with Gasteiger partial charge in [0.25, 0.3) is 0 Å². The number of rotatable bonds is 0. The first-order valence-corrected chi connectivity index (χ1v) is 5.17. The molecule has 1 unspecified atom stereocenters. The number of hydrogen-bond acceptors (Lipinski definition) is 1. The van der Waals surface area contributed by atoms with Crippen LogP contribution in [0.1, 0.15) is 24.0 Å². The molecule has 1 nitrogen and oxygen atoms in total. The van der Waals surface area contributed by atoms with Crippen molar-refractivity contribution in [2.75, 3.05) is 0 Å². The second-order valence-corrected chi connectivity index (χ2v) is 4.16. The third kappa shape index (κ3) is 1.05. The molecule has 0 aromatic heterocycles. The molecule has 0 aliphatic heterocycles. The number of carbonyl (C=O) groups excluding carboxylic acids is 1. The Morgan fingerprint density at radius 3 is 3.00 bits per heavy atom. The van der Waals surface area contributed by atoms with Gasteiger partial charge in [-0.25, -0.2) is 0 Å². The zero-order valence-corrected chi connectivity index (χ0v) is 7.99. The number of allylic oxidation sites excluding steroid dienone is 1. The van der Waals surface area contributed by atoms with E-state index in [0.29, 0.717) is 11.7 Å². The van der Waals surface area contributed by atoms with E-state index in [2.05, 4.69) is 24.3 Å². The molecule has 2 aliphatic carbocycles. The van der Waals surface area contributed by atoms with Gasteiger partial charge in [-0.3, -0.25) is 4.79 Å². The van der Waals surface area contributed by atoms with Crippen LogP contribution in [0.5, 0.6) is 0 Å². The molecular formula is C13H12O. The Hall–Kier alpha value is -1.37. The number of Topliss-reactive ketones (excluding diaryl/α,β-unsaturated/α-hetero) is 1. The van der Waals surface area contributed by atoms with Crippen LogP contribution in [0.2, 0.25) is 0 Å². The lowest BCUT2D eigenvalue weighted by molar-refractivity contribution is -0.114. The molecule has 14 heavy (non-hydrogen) atoms. The largest absolute Gasteiger partial charge is 0.295 e. The smallest absolute Gasteiger partial charge is 0.159 e. The molecule has 0 radical (unpaired) electrons. The van der Waals surface area contributed by atoms with Gasteiger partial charge in [-0.2, -0.15) is 0 Å². The van der Waals surface area contributed by atoms with Crippen LogP contribution in [-0.4, -0.2) is 5.78 Å². The molecule has 0 spiro atoms. The summed E-state index contributed by atoms with van der Waals surface area (Å²) in [5, 5.41) is 0. The molecule has 1 aromatic rings. The van der Waals surface area contributed by atoms with Gasteiger partial charge in [-0.1, -0.05) is 24.3 Å². The van der Waals surface area contributed by atoms with Crippen LogP contribution in [0.15, 0.2) is 29.8 Å². The Bertz CT molecular complexity index is 429. The van der Waals surface area contributed by atoms with E-state index in [1.165, 1.54) is 11.1 Å². The minimum atomic E-state index is 0.365. The average Bonchev–Trinajstić information content (AvgIpc) is 2.57. The Balaban J connectivity index is 2.13. The second-order valence-electron chi connectivity index (χ2n) is 4.16. The normalized spacial score (nSPS) is 24.1. The van der Waals surface area contributed by atoms with Gasteiger partial charge in [0.15, 0.2) is 5.78 Å². The topological polar surface area (TPSA) is 17.1 Å². The van der Waals surface area contributed by atoms with Crippen molar-refractivity contribution in [3.8, 4) is 0 Å². The first-order chi connectivity index (χ1) is 6.84. The summed E-state index contributed by atoms with van der Waals surface area (Å²) in [5.74, 6) is 0.877. The summed E-state index contributed by atoms with van der Waals surface area (Å²) in [6.07, 6.45) is 4.97. The van der Waals surface area contributed by atoms with Gasteiger partial charge in [0.2, 0.25) is 0 Å². The minimum Gasteiger partial charge on any atom is -0.295 e. The van der Waals surface area contributed by atoms with Crippen LogP contribution in [-0.2, 0) is 11.2 Å². The van der Waals surface area contributed by atoms with Crippen molar-refractivity contribution in [3.63, 3.8) is 0 Å². The highest BCUT2D eigenvalue weighted by atomic mass is 16.1. The van der Waals surface area contributed by atoms with Gasteiger partial charge in [0.05, 0.1) is 0 Å². The fourth-order valence-corrected chi connectivity index (χ4v) is 2.54. The summed E-state index contributed by atoms with van der Waals surface area (Å²) in [4.78, 5) is 11.6. The van der Waals surface area contributed by atoms with Crippen molar-refractivity contribution in [2.24, 2.45) is 5.92 Å². The lowest BCUT2D eigenvalue weighted by Crippen LogP contribution is -2.10. The first kappa shape index (κ1) is 7.98. The number of carbonyl (C=O) groups is 1. The summed E-state index contributed by atoms with van der Waals surface area (Å²) >= 11 is 0. The van der Waals surface area contributed by atoms with Crippen molar-refractivity contribution in [3.05, 3.63) is 41.0 Å². The maximum absolute atomic E-state index is 11.6. The van der Waals surface area contributed by atoms with Crippen molar-refractivity contribution < 1.29 is 4.79 Å². The molecule has 1 saturated carbocycles. The van der Waals surface area contributed by atoms with E-state index in [-0.39, 0.29) is 0 Å². The van der Waals surface area contributed by atoms with E-state index in [1.54, 1.807) is 0 Å². The molecule has 3 rings (SSSR count). The average molecular weight is 184 g/mol. The van der Waals surface area contributed by atoms with E-state index in [9.17, 15) is 4.79 Å². The highest BCUT2D eigenvalue weighted by Crippen LogP contribution is 2.37. The van der Waals surface area contributed by atoms with Gasteiger partial charge in [0, 0.05) is 6.42 Å². The van der Waals surface area contributed by atoms with Crippen molar-refractivity contribution in [1.29, 1.82) is 0 Å². The molecule has 1 fully saturated rings. The zero-order valence-electron chi connectivity index (χ0n) is 7.99. The van der Waals surface area contributed by atoms with Crippen LogP contribution in [0.25, 0.3) is 6.08 Å². The quantitative estimate of drug-likeness (QED) is 0.605. The van der Waals surface area contributed by atoms with Crippen LogP contribution in [0, 0.1) is 5.92 Å². The molecular weight excluding hydrogens is 172 g/mol. The van der Waals surface area contributed by atoms with Crippen LogP contribution < -0.4 is 0 Å². The fraction of sp³-hybridized carbons (Fsp3) is 0.308. The second kappa shape index (κ2) is 2.81. The monoisotopic (exact) mass is 184 g/mol. The molecule has 2 aliphatic rings. The maximum atomic E-state index is 11.6. The predicted molar refractivity (Wildman–Crippen MR) is 55.9 cm³/mol. The SMILES string of the molecule is O=C1CCC2Cc3ccccc3C=C12. The molecule has 1 heteroatoms. The van der Waals surface area contributed by atoms with Gasteiger partial charge in [-0.05, 0) is 41.5 Å². The number of ketones is 1. The molecule has 0 saturated heterocycles. The van der Waals surface area contributed by atoms with Crippen LogP contribution >= 0.6 is 0 Å². The Morgan fingerprint density at radius 2 is 2.07 bits per heavy atom. The lowest BCUT2D eigenvalue weighted by Gasteiger charge is -2.18. The Kier molecular flexibility index (Phi) is 1.60. The summed E-state index contributed by atoms with van der Waals surface area (Å²) in [6, 6.07) is 8.39. The summed E-state index contributed by atoms with van der Waals surface area (Å²) in [7, 11) is 0. The van der Waals surface area contributed by atoms with Gasteiger partial charge in [0.1, 0.15) is 0 Å². The molecule has 0 amide bonds. The van der Waals surface area contributed by atoms with Crippen LogP contribution in [0.4, 0.5) is 0 Å². The van der Waals surface area contributed by atoms with E-state index in [4.69, 9.17) is 0 Å². The molecule has 0 N–H and O–H groups in total. The Morgan fingerprint density at radius 1 is 1.21 bits per heavy atom. The van der Waals surface area contributed by atoms with Gasteiger partial charge >= 0.3 is 0 Å². The molecule has 1 aromatic carbocycles. The fourth-order valence-electron chi connectivity index (χ4n) is 2.54. The first-order valence-electron chi connectivity index (χ1n) is 5.17. The standard InChI is InChI=1S/C13H12O/c14-13-6-5-11-7-9-3-1-2-4-10(9)8-12(11)13/h1-4,8,11H,5-7H2. The third-order valence-electron chi connectivity index (χ3n) is 3.31. The van der Waals surface area contributed by atoms with Crippen molar-refractivity contribution in [2.45, 2.75) is 19.3 Å². The van der Waals surface area contributed by atoms with E-state index < -0.39 is 0 Å². The summed E-state index contributed by atoms with van der Waals surface area (Å²) in [6.45, 7) is 0. The minimum absolute atomic E-state index is 0.365. The van der Waals surface area contributed by atoms with E-state index in [0.717, 1.165) is 24.8 Å². The highest BCUT2D eigenvalue weighted by Gasteiger charge is 2.31. The summed E-state index contributed by atoms with van der Waals surface area (Å²) < 4.78 is 0. The number of fused-ring (bicyclic) bond motifs is 2. The number of benzene rings is 1. The summed E-state index contributed by atoms with van der Waals surface area (Å²) in [5.41, 5.74) is 3.72. The van der Waals surface area contributed by atoms with Gasteiger partial charge < -0.3 is 0 Å². The van der Waals surface area contributed by atoms with E-state index >= 15 is 0 Å². The Labute approximate surface area is 83.4 Å². The molecule has 1 atom stereocenters. The molecule has 70 valence electrons. The van der Waals surface area contributed by atoms with Gasteiger partial charge in [-0.15, -0.1) is 0 Å². The molecule has 0 bridgehead atoms. The predicted octanol–water partition coefficient (Wildman–Crippen LogP) is 2.61. The third-order valence-corrected chi connectivity index (χ3v) is 3.31.